The van der Waals surface area contributed by atoms with E-state index >= 15 is 0 Å². The Kier molecular flexibility index (Phi) is 5.57. The van der Waals surface area contributed by atoms with Crippen molar-refractivity contribution >= 4 is 5.97 Å². The fourth-order valence-electron chi connectivity index (χ4n) is 1.98. The van der Waals surface area contributed by atoms with Gasteiger partial charge in [-0.05, 0) is 32.4 Å². The molecular weight excluding hydrogens is 256 g/mol. The van der Waals surface area contributed by atoms with Gasteiger partial charge in [-0.3, -0.25) is 4.79 Å². The highest BCUT2D eigenvalue weighted by Gasteiger charge is 2.32. The number of esters is 1. The van der Waals surface area contributed by atoms with E-state index in [2.05, 4.69) is 0 Å². The zero-order chi connectivity index (χ0) is 15.3. The molecule has 0 radical (unpaired) electrons. The molecule has 4 heteroatoms. The molecule has 1 N–H and O–H groups in total. The summed E-state index contributed by atoms with van der Waals surface area (Å²) in [5.41, 5.74) is 0.739. The van der Waals surface area contributed by atoms with Gasteiger partial charge in [-0.15, -0.1) is 0 Å². The van der Waals surface area contributed by atoms with Gasteiger partial charge in [0.05, 0.1) is 5.92 Å². The molecule has 0 heterocycles. The molecule has 0 fully saturated rings. The van der Waals surface area contributed by atoms with E-state index < -0.39 is 5.60 Å². The number of hydrogen-bond acceptors (Lipinski definition) is 4. The Morgan fingerprint density at radius 2 is 2.05 bits per heavy atom. The van der Waals surface area contributed by atoms with Crippen molar-refractivity contribution in [2.24, 2.45) is 5.92 Å². The first-order valence-electron chi connectivity index (χ1n) is 6.91. The van der Waals surface area contributed by atoms with Crippen molar-refractivity contribution in [2.75, 3.05) is 13.2 Å². The molecule has 0 spiro atoms. The summed E-state index contributed by atoms with van der Waals surface area (Å²) in [4.78, 5) is 11.6. The predicted molar refractivity (Wildman–Crippen MR) is 77.6 cm³/mol. The van der Waals surface area contributed by atoms with Gasteiger partial charge >= 0.3 is 5.97 Å². The quantitative estimate of drug-likeness (QED) is 0.813. The summed E-state index contributed by atoms with van der Waals surface area (Å²) < 4.78 is 11.0. The fourth-order valence-corrected chi connectivity index (χ4v) is 1.98. The maximum absolute atomic E-state index is 11.6. The van der Waals surface area contributed by atoms with Gasteiger partial charge in [0.2, 0.25) is 0 Å². The fraction of sp³-hybridized carbons (Fsp3) is 0.562. The van der Waals surface area contributed by atoms with E-state index in [0.717, 1.165) is 5.56 Å². The van der Waals surface area contributed by atoms with Crippen LogP contribution >= 0.6 is 0 Å². The lowest BCUT2D eigenvalue weighted by Gasteiger charge is -2.30. The normalized spacial score (nSPS) is 14.1. The van der Waals surface area contributed by atoms with Crippen LogP contribution < -0.4 is 0 Å². The van der Waals surface area contributed by atoms with E-state index in [-0.39, 0.29) is 24.2 Å². The lowest BCUT2D eigenvalue weighted by molar-refractivity contribution is -0.159. The number of hydrogen-bond donors (Lipinski definition) is 1. The third kappa shape index (κ3) is 3.97. The first-order valence-corrected chi connectivity index (χ1v) is 6.91. The highest BCUT2D eigenvalue weighted by atomic mass is 16.6. The number of carbonyl (C=O) groups is 1. The van der Waals surface area contributed by atoms with Crippen molar-refractivity contribution in [1.82, 2.24) is 0 Å². The summed E-state index contributed by atoms with van der Waals surface area (Å²) in [6.45, 7) is 9.69. The predicted octanol–water partition coefficient (Wildman–Crippen LogP) is 3.15. The zero-order valence-electron chi connectivity index (χ0n) is 12.9. The lowest BCUT2D eigenvalue weighted by atomic mass is 9.94. The average molecular weight is 280 g/mol. The maximum atomic E-state index is 11.6. The molecule has 1 atom stereocenters. The minimum atomic E-state index is -0.850. The van der Waals surface area contributed by atoms with Gasteiger partial charge in [0.25, 0.3) is 0 Å². The molecule has 0 amide bonds. The molecule has 112 valence electrons. The Labute approximate surface area is 120 Å². The minimum absolute atomic E-state index is 0.0779. The van der Waals surface area contributed by atoms with Crippen LogP contribution in [-0.2, 0) is 19.9 Å². The van der Waals surface area contributed by atoms with Crippen LogP contribution in [0.2, 0.25) is 0 Å². The smallest absolute Gasteiger partial charge is 0.308 e. The van der Waals surface area contributed by atoms with Crippen LogP contribution in [0.25, 0.3) is 0 Å². The van der Waals surface area contributed by atoms with E-state index in [1.165, 1.54) is 0 Å². The molecule has 0 aliphatic carbocycles. The molecule has 20 heavy (non-hydrogen) atoms. The van der Waals surface area contributed by atoms with E-state index in [1.54, 1.807) is 19.9 Å². The van der Waals surface area contributed by atoms with Gasteiger partial charge in [0, 0.05) is 12.2 Å². The maximum Gasteiger partial charge on any atom is 0.308 e. The molecular formula is C16H24O4. The second-order valence-electron chi connectivity index (χ2n) is 5.45. The largest absolute Gasteiger partial charge is 0.508 e. The molecule has 0 unspecified atom stereocenters. The van der Waals surface area contributed by atoms with Crippen LogP contribution in [0.5, 0.6) is 5.75 Å². The summed E-state index contributed by atoms with van der Waals surface area (Å²) >= 11 is 0. The Bertz CT molecular complexity index is 468. The number of benzene rings is 1. The highest BCUT2D eigenvalue weighted by molar-refractivity contribution is 5.71. The second kappa shape index (κ2) is 6.75. The van der Waals surface area contributed by atoms with E-state index in [0.29, 0.717) is 12.2 Å². The van der Waals surface area contributed by atoms with Crippen molar-refractivity contribution in [1.29, 1.82) is 0 Å². The van der Waals surface area contributed by atoms with Gasteiger partial charge in [0.15, 0.2) is 0 Å². The number of aromatic hydroxyl groups is 1. The molecule has 0 aliphatic rings. The van der Waals surface area contributed by atoms with Gasteiger partial charge in [-0.2, -0.15) is 0 Å². The Balaban J connectivity index is 2.98. The van der Waals surface area contributed by atoms with Crippen molar-refractivity contribution in [3.05, 3.63) is 29.3 Å². The first kappa shape index (κ1) is 16.5. The van der Waals surface area contributed by atoms with Crippen LogP contribution in [0.1, 0.15) is 38.8 Å². The van der Waals surface area contributed by atoms with Crippen molar-refractivity contribution in [2.45, 2.75) is 40.2 Å². The molecule has 0 saturated heterocycles. The summed E-state index contributed by atoms with van der Waals surface area (Å²) in [5.74, 6) is -0.309. The van der Waals surface area contributed by atoms with E-state index in [9.17, 15) is 9.90 Å². The number of ether oxygens (including phenoxy) is 2. The summed E-state index contributed by atoms with van der Waals surface area (Å²) in [5, 5.41) is 10.1. The van der Waals surface area contributed by atoms with Crippen LogP contribution in [0, 0.1) is 12.8 Å². The summed E-state index contributed by atoms with van der Waals surface area (Å²) in [6, 6.07) is 5.39. The lowest BCUT2D eigenvalue weighted by Crippen LogP contribution is -2.34. The van der Waals surface area contributed by atoms with Crippen LogP contribution in [0.3, 0.4) is 0 Å². The molecule has 4 nitrogen and oxygen atoms in total. The molecule has 1 aromatic carbocycles. The van der Waals surface area contributed by atoms with E-state index in [1.807, 2.05) is 32.9 Å². The van der Waals surface area contributed by atoms with Crippen molar-refractivity contribution < 1.29 is 19.4 Å². The SMILES string of the molecule is CCO[C@@](C)(COC(=O)C(C)C)c1ccc(C)cc1O. The van der Waals surface area contributed by atoms with Crippen molar-refractivity contribution in [3.63, 3.8) is 0 Å². The third-order valence-corrected chi connectivity index (χ3v) is 3.15. The number of phenolic OH excluding ortho intramolecular Hbond substituents is 1. The summed E-state index contributed by atoms with van der Waals surface area (Å²) in [7, 11) is 0. The zero-order valence-corrected chi connectivity index (χ0v) is 12.9. The number of rotatable bonds is 6. The molecule has 0 bridgehead atoms. The first-order chi connectivity index (χ1) is 9.30. The molecule has 0 aromatic heterocycles. The minimum Gasteiger partial charge on any atom is -0.508 e. The van der Waals surface area contributed by atoms with Gasteiger partial charge in [0.1, 0.15) is 18.0 Å². The third-order valence-electron chi connectivity index (χ3n) is 3.15. The standard InChI is InChI=1S/C16H24O4/c1-6-20-16(5,10-19-15(18)11(2)3)13-8-7-12(4)9-14(13)17/h7-9,11,17H,6,10H2,1-5H3/t16-/m0/s1. The topological polar surface area (TPSA) is 55.8 Å². The van der Waals surface area contributed by atoms with Crippen LogP contribution in [0.4, 0.5) is 0 Å². The molecule has 0 aliphatic heterocycles. The molecule has 0 saturated carbocycles. The highest BCUT2D eigenvalue weighted by Crippen LogP contribution is 2.33. The van der Waals surface area contributed by atoms with E-state index in [4.69, 9.17) is 9.47 Å². The Hall–Kier alpha value is -1.55. The molecule has 1 aromatic rings. The number of phenols is 1. The van der Waals surface area contributed by atoms with Crippen LogP contribution in [-0.4, -0.2) is 24.3 Å². The van der Waals surface area contributed by atoms with Gasteiger partial charge in [-0.25, -0.2) is 0 Å². The Morgan fingerprint density at radius 1 is 1.40 bits per heavy atom. The average Bonchev–Trinajstić information content (AvgIpc) is 2.35. The van der Waals surface area contributed by atoms with Gasteiger partial charge < -0.3 is 14.6 Å². The second-order valence-corrected chi connectivity index (χ2v) is 5.45. The van der Waals surface area contributed by atoms with Gasteiger partial charge in [-0.1, -0.05) is 26.0 Å². The Morgan fingerprint density at radius 3 is 2.55 bits per heavy atom. The summed E-state index contributed by atoms with van der Waals surface area (Å²) in [6.07, 6.45) is 0. The van der Waals surface area contributed by atoms with Crippen molar-refractivity contribution in [3.8, 4) is 5.75 Å². The number of aryl methyl sites for hydroxylation is 1. The monoisotopic (exact) mass is 280 g/mol. The number of carbonyl (C=O) groups excluding carboxylic acids is 1. The molecule has 1 rings (SSSR count). The van der Waals surface area contributed by atoms with Crippen LogP contribution in [0.15, 0.2) is 18.2 Å².